The number of halogens is 1. The largest absolute Gasteiger partial charge is 0.363 e. The van der Waals surface area contributed by atoms with E-state index in [0.717, 1.165) is 49.8 Å². The Kier molecular flexibility index (Phi) is 5.55. The Morgan fingerprint density at radius 3 is 2.72 bits per heavy atom. The summed E-state index contributed by atoms with van der Waals surface area (Å²) in [6.45, 7) is 4.03. The molecule has 5 rings (SSSR count). The molecule has 32 heavy (non-hydrogen) atoms. The van der Waals surface area contributed by atoms with Crippen molar-refractivity contribution in [1.82, 2.24) is 19.9 Å². The molecule has 0 saturated carbocycles. The molecule has 0 saturated heterocycles. The highest BCUT2D eigenvalue weighted by Gasteiger charge is 2.11. The van der Waals surface area contributed by atoms with Gasteiger partial charge in [-0.05, 0) is 49.2 Å². The molecule has 1 atom stereocenters. The number of hydrogen-bond acceptors (Lipinski definition) is 6. The van der Waals surface area contributed by atoms with Crippen LogP contribution < -0.4 is 5.32 Å². The van der Waals surface area contributed by atoms with E-state index in [1.54, 1.807) is 17.5 Å². The zero-order valence-corrected chi connectivity index (χ0v) is 19.2. The third-order valence-corrected chi connectivity index (χ3v) is 6.25. The Balaban J connectivity index is 1.42. The van der Waals surface area contributed by atoms with Gasteiger partial charge >= 0.3 is 0 Å². The first-order chi connectivity index (χ1) is 15.5. The van der Waals surface area contributed by atoms with Gasteiger partial charge in [-0.1, -0.05) is 35.9 Å². The van der Waals surface area contributed by atoms with Crippen molar-refractivity contribution in [3.05, 3.63) is 88.9 Å². The van der Waals surface area contributed by atoms with E-state index in [4.69, 9.17) is 11.6 Å². The lowest BCUT2D eigenvalue weighted by Crippen LogP contribution is -2.09. The van der Waals surface area contributed by atoms with Crippen molar-refractivity contribution in [2.45, 2.75) is 19.9 Å². The number of fused-ring (bicyclic) bond motifs is 1. The highest BCUT2D eigenvalue weighted by Crippen LogP contribution is 2.29. The van der Waals surface area contributed by atoms with Crippen LogP contribution in [0.2, 0.25) is 5.02 Å². The number of anilines is 1. The maximum absolute atomic E-state index is 6.12. The molecule has 3 aromatic heterocycles. The standard InChI is InChI=1S/C25H20ClN5S/c1-15(17-4-3-5-18(8-17)20-9-21(26)13-27-12-20)29-25-11-23(30-16(2)31-25)19-6-7-22-24(10-19)32-14-28-22/h3-15H,1-2H3,(H,29,30,31)/t15-/m0/s1. The summed E-state index contributed by atoms with van der Waals surface area (Å²) in [5, 5.41) is 4.15. The molecular weight excluding hydrogens is 438 g/mol. The molecule has 0 aliphatic heterocycles. The lowest BCUT2D eigenvalue weighted by molar-refractivity contribution is 0.868. The average molecular weight is 458 g/mol. The van der Waals surface area contributed by atoms with Gasteiger partial charge in [0.25, 0.3) is 0 Å². The molecular formula is C25H20ClN5S. The smallest absolute Gasteiger partial charge is 0.130 e. The minimum absolute atomic E-state index is 0.0493. The quantitative estimate of drug-likeness (QED) is 0.309. The molecule has 5 aromatic rings. The fourth-order valence-electron chi connectivity index (χ4n) is 3.67. The van der Waals surface area contributed by atoms with Gasteiger partial charge in [0.05, 0.1) is 26.4 Å². The van der Waals surface area contributed by atoms with E-state index in [1.165, 1.54) is 0 Å². The molecule has 0 fully saturated rings. The predicted octanol–water partition coefficient (Wildman–Crippen LogP) is 6.95. The lowest BCUT2D eigenvalue weighted by atomic mass is 10.0. The predicted molar refractivity (Wildman–Crippen MR) is 132 cm³/mol. The monoisotopic (exact) mass is 457 g/mol. The van der Waals surface area contributed by atoms with Crippen LogP contribution >= 0.6 is 22.9 Å². The molecule has 0 unspecified atom stereocenters. The van der Waals surface area contributed by atoms with Crippen molar-refractivity contribution >= 4 is 39.0 Å². The number of aryl methyl sites for hydroxylation is 1. The van der Waals surface area contributed by atoms with Gasteiger partial charge in [0.1, 0.15) is 11.6 Å². The summed E-state index contributed by atoms with van der Waals surface area (Å²) in [7, 11) is 0. The third-order valence-electron chi connectivity index (χ3n) is 5.25. The number of hydrogen-bond donors (Lipinski definition) is 1. The van der Waals surface area contributed by atoms with Crippen LogP contribution in [-0.2, 0) is 0 Å². The van der Waals surface area contributed by atoms with Gasteiger partial charge in [-0.15, -0.1) is 11.3 Å². The lowest BCUT2D eigenvalue weighted by Gasteiger charge is -2.17. The zero-order valence-electron chi connectivity index (χ0n) is 17.6. The van der Waals surface area contributed by atoms with Crippen molar-refractivity contribution in [2.75, 3.05) is 5.32 Å². The Labute approximate surface area is 195 Å². The number of aromatic nitrogens is 4. The number of thiazole rings is 1. The van der Waals surface area contributed by atoms with E-state index in [2.05, 4.69) is 62.5 Å². The third kappa shape index (κ3) is 4.33. The molecule has 158 valence electrons. The number of nitrogens with one attached hydrogen (secondary N) is 1. The molecule has 0 radical (unpaired) electrons. The van der Waals surface area contributed by atoms with Gasteiger partial charge in [0.2, 0.25) is 0 Å². The Morgan fingerprint density at radius 2 is 1.84 bits per heavy atom. The van der Waals surface area contributed by atoms with Gasteiger partial charge in [0.15, 0.2) is 0 Å². The fraction of sp³-hybridized carbons (Fsp3) is 0.120. The number of rotatable bonds is 5. The van der Waals surface area contributed by atoms with Crippen molar-refractivity contribution in [3.8, 4) is 22.4 Å². The topological polar surface area (TPSA) is 63.6 Å². The number of nitrogens with zero attached hydrogens (tertiary/aromatic N) is 4. The summed E-state index contributed by atoms with van der Waals surface area (Å²) in [6.07, 6.45) is 3.46. The highest BCUT2D eigenvalue weighted by atomic mass is 35.5. The molecule has 0 spiro atoms. The van der Waals surface area contributed by atoms with Gasteiger partial charge < -0.3 is 5.32 Å². The second kappa shape index (κ2) is 8.65. The Hall–Kier alpha value is -3.35. The second-order valence-corrected chi connectivity index (χ2v) is 8.93. The first-order valence-corrected chi connectivity index (χ1v) is 11.5. The van der Waals surface area contributed by atoms with Gasteiger partial charge in [-0.25, -0.2) is 15.0 Å². The molecule has 1 N–H and O–H groups in total. The Morgan fingerprint density at radius 1 is 0.938 bits per heavy atom. The highest BCUT2D eigenvalue weighted by molar-refractivity contribution is 7.16. The molecule has 7 heteroatoms. The van der Waals surface area contributed by atoms with E-state index >= 15 is 0 Å². The summed E-state index contributed by atoms with van der Waals surface area (Å²) in [4.78, 5) is 17.8. The van der Waals surface area contributed by atoms with Gasteiger partial charge in [0, 0.05) is 35.6 Å². The normalized spacial score (nSPS) is 12.1. The van der Waals surface area contributed by atoms with Crippen molar-refractivity contribution < 1.29 is 0 Å². The number of pyridine rings is 1. The summed E-state index contributed by atoms with van der Waals surface area (Å²) in [5.74, 6) is 1.51. The minimum atomic E-state index is 0.0493. The van der Waals surface area contributed by atoms with Crippen molar-refractivity contribution in [3.63, 3.8) is 0 Å². The van der Waals surface area contributed by atoms with E-state index in [-0.39, 0.29) is 6.04 Å². The first kappa shape index (κ1) is 20.5. The summed E-state index contributed by atoms with van der Waals surface area (Å²) >= 11 is 7.75. The SMILES string of the molecule is Cc1nc(N[C@@H](C)c2cccc(-c3cncc(Cl)c3)c2)cc(-c2ccc3ncsc3c2)n1. The van der Waals surface area contributed by atoms with Crippen LogP contribution in [0.3, 0.4) is 0 Å². The molecule has 0 bridgehead atoms. The zero-order chi connectivity index (χ0) is 22.1. The van der Waals surface area contributed by atoms with Crippen LogP contribution in [-0.4, -0.2) is 19.9 Å². The molecule has 0 aliphatic carbocycles. The molecule has 0 aliphatic rings. The van der Waals surface area contributed by atoms with Crippen LogP contribution in [0.4, 0.5) is 5.82 Å². The van der Waals surface area contributed by atoms with Crippen molar-refractivity contribution in [2.24, 2.45) is 0 Å². The fourth-order valence-corrected chi connectivity index (χ4v) is 4.56. The van der Waals surface area contributed by atoms with Crippen LogP contribution in [0.15, 0.2) is 72.5 Å². The average Bonchev–Trinajstić information content (AvgIpc) is 3.27. The summed E-state index contributed by atoms with van der Waals surface area (Å²) in [6, 6.07) is 18.5. The van der Waals surface area contributed by atoms with Crippen LogP contribution in [0.5, 0.6) is 0 Å². The minimum Gasteiger partial charge on any atom is -0.363 e. The maximum Gasteiger partial charge on any atom is 0.130 e. The molecule has 3 heterocycles. The first-order valence-electron chi connectivity index (χ1n) is 10.2. The summed E-state index contributed by atoms with van der Waals surface area (Å²) in [5.41, 5.74) is 8.02. The van der Waals surface area contributed by atoms with E-state index in [9.17, 15) is 0 Å². The van der Waals surface area contributed by atoms with E-state index < -0.39 is 0 Å². The second-order valence-electron chi connectivity index (χ2n) is 7.60. The summed E-state index contributed by atoms with van der Waals surface area (Å²) < 4.78 is 1.15. The molecule has 0 amide bonds. The molecule has 5 nitrogen and oxygen atoms in total. The maximum atomic E-state index is 6.12. The van der Waals surface area contributed by atoms with Crippen LogP contribution in [0.25, 0.3) is 32.6 Å². The molecule has 2 aromatic carbocycles. The van der Waals surface area contributed by atoms with Crippen molar-refractivity contribution in [1.29, 1.82) is 0 Å². The van der Waals surface area contributed by atoms with E-state index in [0.29, 0.717) is 5.02 Å². The van der Waals surface area contributed by atoms with Gasteiger partial charge in [-0.3, -0.25) is 4.98 Å². The van der Waals surface area contributed by atoms with Crippen LogP contribution in [0, 0.1) is 6.92 Å². The van der Waals surface area contributed by atoms with Gasteiger partial charge in [-0.2, -0.15) is 0 Å². The van der Waals surface area contributed by atoms with Crippen LogP contribution in [0.1, 0.15) is 24.4 Å². The number of benzene rings is 2. The van der Waals surface area contributed by atoms with E-state index in [1.807, 2.05) is 42.9 Å². The Bertz CT molecular complexity index is 1410.